The van der Waals surface area contributed by atoms with Crippen molar-refractivity contribution in [3.63, 3.8) is 0 Å². The second-order valence-electron chi connectivity index (χ2n) is 5.50. The summed E-state index contributed by atoms with van der Waals surface area (Å²) in [5, 5.41) is 0. The van der Waals surface area contributed by atoms with Crippen LogP contribution in [-0.2, 0) is 0 Å². The van der Waals surface area contributed by atoms with Crippen LogP contribution in [0.25, 0.3) is 0 Å². The van der Waals surface area contributed by atoms with Gasteiger partial charge in [0.2, 0.25) is 0 Å². The molecule has 0 fully saturated rings. The molecule has 0 saturated carbocycles. The smallest absolute Gasteiger partial charge is 0.0229 e. The van der Waals surface area contributed by atoms with E-state index in [1.54, 1.807) is 0 Å². The molecule has 0 aliphatic carbocycles. The first-order valence-corrected chi connectivity index (χ1v) is 7.06. The van der Waals surface area contributed by atoms with Gasteiger partial charge in [-0.3, -0.25) is 0 Å². The highest BCUT2D eigenvalue weighted by molar-refractivity contribution is 6.17. The zero-order chi connectivity index (χ0) is 13.2. The van der Waals surface area contributed by atoms with Gasteiger partial charge >= 0.3 is 0 Å². The van der Waals surface area contributed by atoms with Gasteiger partial charge in [-0.1, -0.05) is 19.9 Å². The Bertz CT molecular complexity index is 365. The van der Waals surface area contributed by atoms with E-state index >= 15 is 0 Å². The van der Waals surface area contributed by atoms with E-state index in [0.29, 0.717) is 11.8 Å². The maximum atomic E-state index is 5.97. The minimum atomic E-state index is 0.589. The van der Waals surface area contributed by atoms with Crippen LogP contribution in [0.3, 0.4) is 0 Å². The van der Waals surface area contributed by atoms with Crippen molar-refractivity contribution >= 4 is 11.6 Å². The van der Waals surface area contributed by atoms with Gasteiger partial charge in [-0.05, 0) is 73.8 Å². The molecule has 0 bridgehead atoms. The summed E-state index contributed by atoms with van der Waals surface area (Å²) in [6.45, 7) is 13.5. The molecule has 0 radical (unpaired) electrons. The van der Waals surface area contributed by atoms with E-state index in [9.17, 15) is 0 Å². The fraction of sp³-hybridized carbons (Fsp3) is 0.625. The number of benzene rings is 1. The molecule has 0 N–H and O–H groups in total. The second-order valence-corrected chi connectivity index (χ2v) is 5.88. The lowest BCUT2D eigenvalue weighted by Gasteiger charge is -2.26. The summed E-state index contributed by atoms with van der Waals surface area (Å²) in [6, 6.07) is 2.30. The molecule has 1 aromatic carbocycles. The highest BCUT2D eigenvalue weighted by atomic mass is 35.5. The number of rotatable bonds is 4. The van der Waals surface area contributed by atoms with E-state index in [2.05, 4.69) is 47.6 Å². The monoisotopic (exact) mass is 252 g/mol. The maximum Gasteiger partial charge on any atom is 0.0229 e. The summed E-state index contributed by atoms with van der Waals surface area (Å²) in [5.74, 6) is 1.98. The van der Waals surface area contributed by atoms with E-state index in [-0.39, 0.29) is 0 Å². The first kappa shape index (κ1) is 14.6. The van der Waals surface area contributed by atoms with Crippen LogP contribution in [0, 0.1) is 33.6 Å². The van der Waals surface area contributed by atoms with Crippen molar-refractivity contribution in [2.45, 2.75) is 53.9 Å². The standard InChI is InChI=1S/C16H25Cl/c1-10(2)15(7-8-17)16-13(5)11(3)9-12(4)14(16)6/h9-10,15H,7-8H2,1-6H3. The molecular weight excluding hydrogens is 228 g/mol. The molecule has 0 aromatic heterocycles. The van der Waals surface area contributed by atoms with Crippen molar-refractivity contribution in [2.24, 2.45) is 5.92 Å². The Morgan fingerprint density at radius 2 is 1.47 bits per heavy atom. The third kappa shape index (κ3) is 3.04. The minimum absolute atomic E-state index is 0.589. The Hall–Kier alpha value is -0.490. The molecule has 0 amide bonds. The summed E-state index contributed by atoms with van der Waals surface area (Å²) in [4.78, 5) is 0. The molecule has 1 rings (SSSR count). The van der Waals surface area contributed by atoms with Gasteiger partial charge in [0.05, 0.1) is 0 Å². The molecule has 0 nitrogen and oxygen atoms in total. The molecular formula is C16H25Cl. The van der Waals surface area contributed by atoms with Gasteiger partial charge in [0.15, 0.2) is 0 Å². The third-order valence-corrected chi connectivity index (χ3v) is 4.24. The Labute approximate surface area is 111 Å². The van der Waals surface area contributed by atoms with Gasteiger partial charge in [0, 0.05) is 5.88 Å². The predicted octanol–water partition coefficient (Wildman–Crippen LogP) is 5.29. The Balaban J connectivity index is 3.36. The van der Waals surface area contributed by atoms with Crippen LogP contribution in [0.2, 0.25) is 0 Å². The Morgan fingerprint density at radius 3 is 1.82 bits per heavy atom. The van der Waals surface area contributed by atoms with Crippen LogP contribution in [-0.4, -0.2) is 5.88 Å². The van der Waals surface area contributed by atoms with Gasteiger partial charge in [-0.2, -0.15) is 0 Å². The summed E-state index contributed by atoms with van der Waals surface area (Å²) in [6.07, 6.45) is 1.07. The number of hydrogen-bond acceptors (Lipinski definition) is 0. The van der Waals surface area contributed by atoms with Gasteiger partial charge < -0.3 is 0 Å². The largest absolute Gasteiger partial charge is 0.127 e. The molecule has 0 aliphatic rings. The highest BCUT2D eigenvalue weighted by Crippen LogP contribution is 2.35. The molecule has 0 heterocycles. The Morgan fingerprint density at radius 1 is 1.00 bits per heavy atom. The SMILES string of the molecule is Cc1cc(C)c(C)c(C(CCCl)C(C)C)c1C. The lowest BCUT2D eigenvalue weighted by molar-refractivity contribution is 0.483. The van der Waals surface area contributed by atoms with Crippen molar-refractivity contribution in [1.29, 1.82) is 0 Å². The molecule has 0 aliphatic heterocycles. The molecule has 96 valence electrons. The lowest BCUT2D eigenvalue weighted by atomic mass is 9.79. The molecule has 1 heteroatoms. The molecule has 0 spiro atoms. The van der Waals surface area contributed by atoms with Gasteiger partial charge in [-0.25, -0.2) is 0 Å². The van der Waals surface area contributed by atoms with E-state index in [1.807, 2.05) is 0 Å². The fourth-order valence-electron chi connectivity index (χ4n) is 2.73. The fourth-order valence-corrected chi connectivity index (χ4v) is 2.97. The van der Waals surface area contributed by atoms with Crippen molar-refractivity contribution < 1.29 is 0 Å². The van der Waals surface area contributed by atoms with Gasteiger partial charge in [-0.15, -0.1) is 11.6 Å². The number of alkyl halides is 1. The molecule has 1 atom stereocenters. The number of hydrogen-bond donors (Lipinski definition) is 0. The molecule has 1 aromatic rings. The summed E-state index contributed by atoms with van der Waals surface area (Å²) < 4.78 is 0. The lowest BCUT2D eigenvalue weighted by Crippen LogP contribution is -2.12. The van der Waals surface area contributed by atoms with Crippen molar-refractivity contribution in [3.05, 3.63) is 33.9 Å². The quantitative estimate of drug-likeness (QED) is 0.639. The number of aryl methyl sites for hydroxylation is 2. The van der Waals surface area contributed by atoms with Crippen molar-refractivity contribution in [3.8, 4) is 0 Å². The van der Waals surface area contributed by atoms with Crippen LogP contribution < -0.4 is 0 Å². The topological polar surface area (TPSA) is 0 Å². The normalized spacial score (nSPS) is 13.2. The summed E-state index contributed by atoms with van der Waals surface area (Å²) in [7, 11) is 0. The molecule has 17 heavy (non-hydrogen) atoms. The van der Waals surface area contributed by atoms with E-state index in [1.165, 1.54) is 27.8 Å². The van der Waals surface area contributed by atoms with E-state index in [0.717, 1.165) is 12.3 Å². The average Bonchev–Trinajstić information content (AvgIpc) is 2.25. The molecule has 1 unspecified atom stereocenters. The van der Waals surface area contributed by atoms with Crippen molar-refractivity contribution in [2.75, 3.05) is 5.88 Å². The van der Waals surface area contributed by atoms with Crippen LogP contribution in [0.5, 0.6) is 0 Å². The summed E-state index contributed by atoms with van der Waals surface area (Å²) >= 11 is 5.97. The van der Waals surface area contributed by atoms with Gasteiger partial charge in [0.25, 0.3) is 0 Å². The first-order chi connectivity index (χ1) is 7.90. The van der Waals surface area contributed by atoms with Crippen LogP contribution in [0.15, 0.2) is 6.07 Å². The van der Waals surface area contributed by atoms with Gasteiger partial charge in [0.1, 0.15) is 0 Å². The van der Waals surface area contributed by atoms with E-state index in [4.69, 9.17) is 11.6 Å². The minimum Gasteiger partial charge on any atom is -0.127 e. The zero-order valence-corrected chi connectivity index (χ0v) is 12.8. The molecule has 0 saturated heterocycles. The second kappa shape index (κ2) is 5.91. The van der Waals surface area contributed by atoms with Crippen LogP contribution >= 0.6 is 11.6 Å². The Kier molecular flexibility index (Phi) is 5.06. The highest BCUT2D eigenvalue weighted by Gasteiger charge is 2.21. The van der Waals surface area contributed by atoms with E-state index < -0.39 is 0 Å². The average molecular weight is 253 g/mol. The van der Waals surface area contributed by atoms with Crippen LogP contribution in [0.4, 0.5) is 0 Å². The first-order valence-electron chi connectivity index (χ1n) is 6.53. The predicted molar refractivity (Wildman–Crippen MR) is 78.3 cm³/mol. The maximum absolute atomic E-state index is 5.97. The van der Waals surface area contributed by atoms with Crippen molar-refractivity contribution in [1.82, 2.24) is 0 Å². The third-order valence-electron chi connectivity index (χ3n) is 4.02. The van der Waals surface area contributed by atoms with Crippen LogP contribution in [0.1, 0.15) is 54.0 Å². The zero-order valence-electron chi connectivity index (χ0n) is 12.0. The number of halogens is 1. The summed E-state index contributed by atoms with van der Waals surface area (Å²) in [5.41, 5.74) is 7.26.